The quantitative estimate of drug-likeness (QED) is 0.854. The molecule has 0 saturated carbocycles. The Morgan fingerprint density at radius 2 is 2.05 bits per heavy atom. The molecule has 2 aromatic rings. The molecule has 0 fully saturated rings. The Kier molecular flexibility index (Phi) is 4.28. The number of aryl methyl sites for hydroxylation is 1. The lowest BCUT2D eigenvalue weighted by Gasteiger charge is -2.05. The summed E-state index contributed by atoms with van der Waals surface area (Å²) in [6.45, 7) is 0.931. The van der Waals surface area contributed by atoms with Crippen LogP contribution in [0, 0.1) is 0 Å². The van der Waals surface area contributed by atoms with Crippen molar-refractivity contribution < 1.29 is 9.84 Å². The van der Waals surface area contributed by atoms with Gasteiger partial charge in [-0.1, -0.05) is 24.3 Å². The zero-order chi connectivity index (χ0) is 13.8. The number of aliphatic hydroxyl groups excluding tert-OH is 1. The lowest BCUT2D eigenvalue weighted by molar-refractivity contribution is 0.281. The maximum atomic E-state index is 9.13. The van der Waals surface area contributed by atoms with Crippen LogP contribution in [0.3, 0.4) is 0 Å². The Balaban J connectivity index is 1.57. The first kappa shape index (κ1) is 13.5. The van der Waals surface area contributed by atoms with E-state index in [2.05, 4.69) is 30.3 Å². The Morgan fingerprint density at radius 1 is 1.10 bits per heavy atom. The molecule has 0 unspecified atom stereocenters. The summed E-state index contributed by atoms with van der Waals surface area (Å²) in [6.07, 6.45) is 2.09. The molecule has 2 aromatic carbocycles. The summed E-state index contributed by atoms with van der Waals surface area (Å²) in [7, 11) is 0. The smallest absolute Gasteiger partial charge is 0.122 e. The molecule has 0 aromatic heterocycles. The third kappa shape index (κ3) is 3.17. The normalized spacial score (nSPS) is 13.1. The highest BCUT2D eigenvalue weighted by molar-refractivity contribution is 7.99. The van der Waals surface area contributed by atoms with Crippen LogP contribution < -0.4 is 4.74 Å². The highest BCUT2D eigenvalue weighted by Gasteiger charge is 2.11. The lowest BCUT2D eigenvalue weighted by Crippen LogP contribution is -1.90. The van der Waals surface area contributed by atoms with Gasteiger partial charge >= 0.3 is 0 Å². The minimum atomic E-state index is 0.110. The molecule has 104 valence electrons. The van der Waals surface area contributed by atoms with Gasteiger partial charge in [0.25, 0.3) is 0 Å². The molecule has 1 aliphatic rings. The van der Waals surface area contributed by atoms with E-state index in [4.69, 9.17) is 9.84 Å². The van der Waals surface area contributed by atoms with Crippen LogP contribution in [-0.4, -0.2) is 17.5 Å². The lowest BCUT2D eigenvalue weighted by atomic mass is 10.1. The number of hydrogen-bond acceptors (Lipinski definition) is 3. The first-order chi connectivity index (χ1) is 9.85. The molecule has 3 rings (SSSR count). The molecule has 0 bridgehead atoms. The second kappa shape index (κ2) is 6.33. The van der Waals surface area contributed by atoms with Gasteiger partial charge in [-0.25, -0.2) is 0 Å². The van der Waals surface area contributed by atoms with Crippen molar-refractivity contribution in [2.45, 2.75) is 24.3 Å². The molecular weight excluding hydrogens is 268 g/mol. The zero-order valence-electron chi connectivity index (χ0n) is 11.3. The fourth-order valence-corrected chi connectivity index (χ4v) is 3.40. The molecule has 1 aliphatic heterocycles. The molecule has 0 radical (unpaired) electrons. The van der Waals surface area contributed by atoms with Crippen molar-refractivity contribution in [2.75, 3.05) is 12.4 Å². The van der Waals surface area contributed by atoms with Crippen molar-refractivity contribution in [2.24, 2.45) is 0 Å². The maximum absolute atomic E-state index is 9.13. The Hall–Kier alpha value is -1.45. The molecular formula is C17H18O2S. The average Bonchev–Trinajstić information content (AvgIpc) is 2.95. The number of rotatable bonds is 5. The topological polar surface area (TPSA) is 29.5 Å². The van der Waals surface area contributed by atoms with E-state index >= 15 is 0 Å². The summed E-state index contributed by atoms with van der Waals surface area (Å²) in [6, 6.07) is 14.6. The van der Waals surface area contributed by atoms with Crippen LogP contribution in [-0.2, 0) is 19.4 Å². The van der Waals surface area contributed by atoms with Crippen molar-refractivity contribution in [3.63, 3.8) is 0 Å². The summed E-state index contributed by atoms with van der Waals surface area (Å²) in [5.74, 6) is 2.10. The highest BCUT2D eigenvalue weighted by atomic mass is 32.2. The Morgan fingerprint density at radius 3 is 2.95 bits per heavy atom. The third-order valence-corrected chi connectivity index (χ3v) is 4.49. The maximum Gasteiger partial charge on any atom is 0.122 e. The third-order valence-electron chi connectivity index (χ3n) is 3.49. The van der Waals surface area contributed by atoms with Crippen LogP contribution in [0.5, 0.6) is 5.75 Å². The van der Waals surface area contributed by atoms with Gasteiger partial charge in [0, 0.05) is 17.1 Å². The van der Waals surface area contributed by atoms with E-state index in [9.17, 15) is 0 Å². The van der Waals surface area contributed by atoms with E-state index in [0.717, 1.165) is 36.5 Å². The summed E-state index contributed by atoms with van der Waals surface area (Å²) in [4.78, 5) is 1.22. The van der Waals surface area contributed by atoms with Crippen LogP contribution in [0.2, 0.25) is 0 Å². The van der Waals surface area contributed by atoms with Crippen molar-refractivity contribution >= 4 is 11.8 Å². The van der Waals surface area contributed by atoms with Crippen LogP contribution in [0.4, 0.5) is 0 Å². The molecule has 0 aliphatic carbocycles. The van der Waals surface area contributed by atoms with E-state index in [0.29, 0.717) is 0 Å². The standard InChI is InChI=1S/C17H18O2S/c18-12-14-2-1-3-16(11-14)20-9-7-13-4-5-17-15(10-13)6-8-19-17/h1-5,10-11,18H,6-9,12H2. The molecule has 0 atom stereocenters. The number of ether oxygens (including phenoxy) is 1. The van der Waals surface area contributed by atoms with E-state index in [1.165, 1.54) is 16.0 Å². The predicted octanol–water partition coefficient (Wildman–Crippen LogP) is 3.45. The van der Waals surface area contributed by atoms with Crippen LogP contribution >= 0.6 is 11.8 Å². The van der Waals surface area contributed by atoms with Gasteiger partial charge in [-0.15, -0.1) is 11.8 Å². The predicted molar refractivity (Wildman–Crippen MR) is 82.4 cm³/mol. The number of benzene rings is 2. The van der Waals surface area contributed by atoms with Gasteiger partial charge in [-0.05, 0) is 41.3 Å². The summed E-state index contributed by atoms with van der Waals surface area (Å²) in [5, 5.41) is 9.13. The molecule has 0 amide bonds. The molecule has 1 heterocycles. The van der Waals surface area contributed by atoms with Crippen LogP contribution in [0.15, 0.2) is 47.4 Å². The van der Waals surface area contributed by atoms with Crippen LogP contribution in [0.25, 0.3) is 0 Å². The minimum Gasteiger partial charge on any atom is -0.493 e. The van der Waals surface area contributed by atoms with E-state index < -0.39 is 0 Å². The number of thioether (sulfide) groups is 1. The van der Waals surface area contributed by atoms with Gasteiger partial charge in [-0.3, -0.25) is 0 Å². The first-order valence-corrected chi connectivity index (χ1v) is 7.91. The Labute approximate surface area is 123 Å². The van der Waals surface area contributed by atoms with E-state index in [-0.39, 0.29) is 6.61 Å². The molecule has 20 heavy (non-hydrogen) atoms. The van der Waals surface area contributed by atoms with Gasteiger partial charge in [0.15, 0.2) is 0 Å². The highest BCUT2D eigenvalue weighted by Crippen LogP contribution is 2.27. The molecule has 1 N–H and O–H groups in total. The van der Waals surface area contributed by atoms with Gasteiger partial charge in [0.1, 0.15) is 5.75 Å². The Bertz CT molecular complexity index is 595. The molecule has 0 saturated heterocycles. The number of fused-ring (bicyclic) bond motifs is 1. The van der Waals surface area contributed by atoms with E-state index in [1.807, 2.05) is 23.9 Å². The summed E-state index contributed by atoms with van der Waals surface area (Å²) >= 11 is 1.84. The van der Waals surface area contributed by atoms with Crippen LogP contribution in [0.1, 0.15) is 16.7 Å². The van der Waals surface area contributed by atoms with Crippen molar-refractivity contribution in [3.05, 3.63) is 59.2 Å². The van der Waals surface area contributed by atoms with E-state index in [1.54, 1.807) is 0 Å². The fourth-order valence-electron chi connectivity index (χ4n) is 2.42. The van der Waals surface area contributed by atoms with Crippen molar-refractivity contribution in [1.29, 1.82) is 0 Å². The second-order valence-electron chi connectivity index (χ2n) is 4.94. The number of aliphatic hydroxyl groups is 1. The van der Waals surface area contributed by atoms with Gasteiger partial charge in [-0.2, -0.15) is 0 Å². The van der Waals surface area contributed by atoms with Crippen molar-refractivity contribution in [1.82, 2.24) is 0 Å². The van der Waals surface area contributed by atoms with Gasteiger partial charge in [0.05, 0.1) is 13.2 Å². The SMILES string of the molecule is OCc1cccc(SCCc2ccc3c(c2)CCO3)c1. The molecule has 3 heteroatoms. The van der Waals surface area contributed by atoms with Gasteiger partial charge < -0.3 is 9.84 Å². The second-order valence-corrected chi connectivity index (χ2v) is 6.11. The zero-order valence-corrected chi connectivity index (χ0v) is 12.2. The molecule has 2 nitrogen and oxygen atoms in total. The first-order valence-electron chi connectivity index (χ1n) is 6.92. The largest absolute Gasteiger partial charge is 0.493 e. The fraction of sp³-hybridized carbons (Fsp3) is 0.294. The van der Waals surface area contributed by atoms with Gasteiger partial charge in [0.2, 0.25) is 0 Å². The monoisotopic (exact) mass is 286 g/mol. The summed E-state index contributed by atoms with van der Waals surface area (Å²) in [5.41, 5.74) is 3.69. The number of hydrogen-bond donors (Lipinski definition) is 1. The summed E-state index contributed by atoms with van der Waals surface area (Å²) < 4.78 is 5.52. The molecule has 0 spiro atoms. The van der Waals surface area contributed by atoms with Crippen molar-refractivity contribution in [3.8, 4) is 5.75 Å². The minimum absolute atomic E-state index is 0.110. The average molecular weight is 286 g/mol.